The van der Waals surface area contributed by atoms with Gasteiger partial charge in [-0.1, -0.05) is 0 Å². The second-order valence-corrected chi connectivity index (χ2v) is 3.12. The molecular formula is C7H4BrN3O2. The first-order chi connectivity index (χ1) is 6.20. The third-order valence-corrected chi connectivity index (χ3v) is 2.19. The molecule has 0 saturated heterocycles. The van der Waals surface area contributed by atoms with Crippen LogP contribution in [0.15, 0.2) is 23.3 Å². The molecule has 0 spiro atoms. The Kier molecular flexibility index (Phi) is 1.77. The number of rotatable bonds is 1. The fourth-order valence-corrected chi connectivity index (χ4v) is 1.58. The van der Waals surface area contributed by atoms with Crippen molar-refractivity contribution in [1.82, 2.24) is 14.4 Å². The molecule has 1 N–H and O–H groups in total. The molecule has 0 aliphatic rings. The molecule has 0 radical (unpaired) electrons. The molecule has 2 rings (SSSR count). The van der Waals surface area contributed by atoms with Gasteiger partial charge in [-0.25, -0.2) is 14.8 Å². The zero-order chi connectivity index (χ0) is 9.42. The van der Waals surface area contributed by atoms with E-state index in [1.165, 1.54) is 6.33 Å². The second-order valence-electron chi connectivity index (χ2n) is 2.37. The average Bonchev–Trinajstić information content (AvgIpc) is 2.49. The minimum atomic E-state index is -1.06. The molecule has 66 valence electrons. The van der Waals surface area contributed by atoms with Crippen LogP contribution in [0.3, 0.4) is 0 Å². The van der Waals surface area contributed by atoms with E-state index in [2.05, 4.69) is 25.9 Å². The molecule has 0 bridgehead atoms. The van der Waals surface area contributed by atoms with Gasteiger partial charge in [0.1, 0.15) is 16.4 Å². The molecule has 0 aromatic carbocycles. The highest BCUT2D eigenvalue weighted by molar-refractivity contribution is 9.10. The summed E-state index contributed by atoms with van der Waals surface area (Å²) in [6.07, 6.45) is 4.63. The van der Waals surface area contributed by atoms with Crippen LogP contribution in [0.5, 0.6) is 0 Å². The topological polar surface area (TPSA) is 67.5 Å². The zero-order valence-corrected chi connectivity index (χ0v) is 7.89. The van der Waals surface area contributed by atoms with Crippen LogP contribution in [0.2, 0.25) is 0 Å². The van der Waals surface area contributed by atoms with Crippen molar-refractivity contribution in [1.29, 1.82) is 0 Å². The van der Waals surface area contributed by atoms with Crippen LogP contribution in [0.25, 0.3) is 5.52 Å². The Bertz CT molecular complexity index is 480. The molecular weight excluding hydrogens is 238 g/mol. The maximum atomic E-state index is 10.7. The Hall–Kier alpha value is -1.43. The number of fused-ring (bicyclic) bond motifs is 1. The Balaban J connectivity index is 2.86. The average molecular weight is 242 g/mol. The van der Waals surface area contributed by atoms with E-state index in [1.54, 1.807) is 16.8 Å². The summed E-state index contributed by atoms with van der Waals surface area (Å²) in [5.74, 6) is -1.06. The van der Waals surface area contributed by atoms with Crippen LogP contribution in [-0.4, -0.2) is 25.4 Å². The van der Waals surface area contributed by atoms with Crippen LogP contribution in [0.1, 0.15) is 10.5 Å². The first-order valence-electron chi connectivity index (χ1n) is 3.40. The van der Waals surface area contributed by atoms with Crippen molar-refractivity contribution in [2.24, 2.45) is 0 Å². The van der Waals surface area contributed by atoms with E-state index in [0.29, 0.717) is 10.1 Å². The first kappa shape index (κ1) is 8.18. The largest absolute Gasteiger partial charge is 0.476 e. The lowest BCUT2D eigenvalue weighted by Gasteiger charge is -1.95. The molecule has 0 unspecified atom stereocenters. The molecule has 0 amide bonds. The lowest BCUT2D eigenvalue weighted by Crippen LogP contribution is -1.98. The normalized spacial score (nSPS) is 10.5. The van der Waals surface area contributed by atoms with Crippen LogP contribution >= 0.6 is 15.9 Å². The lowest BCUT2D eigenvalue weighted by molar-refractivity contribution is 0.0693. The molecule has 5 nitrogen and oxygen atoms in total. The van der Waals surface area contributed by atoms with E-state index in [9.17, 15) is 4.79 Å². The van der Waals surface area contributed by atoms with Gasteiger partial charge in [-0.15, -0.1) is 0 Å². The van der Waals surface area contributed by atoms with Gasteiger partial charge in [0.25, 0.3) is 0 Å². The predicted molar refractivity (Wildman–Crippen MR) is 47.6 cm³/mol. The molecule has 2 heterocycles. The number of nitrogens with zero attached hydrogens (tertiary/aromatic N) is 3. The maximum Gasteiger partial charge on any atom is 0.356 e. The molecule has 6 heteroatoms. The number of hydrogen-bond donors (Lipinski definition) is 1. The smallest absolute Gasteiger partial charge is 0.356 e. The summed E-state index contributed by atoms with van der Waals surface area (Å²) in [4.78, 5) is 18.4. The molecule has 0 saturated carbocycles. The number of imidazole rings is 1. The van der Waals surface area contributed by atoms with Crippen LogP contribution < -0.4 is 0 Å². The van der Waals surface area contributed by atoms with Gasteiger partial charge in [-0.05, 0) is 15.9 Å². The van der Waals surface area contributed by atoms with Gasteiger partial charge >= 0.3 is 5.97 Å². The first-order valence-corrected chi connectivity index (χ1v) is 4.20. The highest BCUT2D eigenvalue weighted by Crippen LogP contribution is 2.17. The molecule has 2 aromatic rings. The Morgan fingerprint density at radius 3 is 3.00 bits per heavy atom. The van der Waals surface area contributed by atoms with E-state index < -0.39 is 5.97 Å². The summed E-state index contributed by atoms with van der Waals surface area (Å²) < 4.78 is 2.07. The third-order valence-electron chi connectivity index (χ3n) is 1.61. The minimum Gasteiger partial charge on any atom is -0.476 e. The van der Waals surface area contributed by atoms with Crippen LogP contribution in [-0.2, 0) is 0 Å². The predicted octanol–water partition coefficient (Wildman–Crippen LogP) is 1.19. The summed E-state index contributed by atoms with van der Waals surface area (Å²) in [7, 11) is 0. The summed E-state index contributed by atoms with van der Waals surface area (Å²) in [6.45, 7) is 0. The van der Waals surface area contributed by atoms with Crippen LogP contribution in [0, 0.1) is 0 Å². The van der Waals surface area contributed by atoms with Crippen molar-refractivity contribution < 1.29 is 9.90 Å². The standard InChI is InChI=1S/C7H4BrN3O2/c8-6-5-4(7(12)13)10-3-11(5)2-1-9-6/h1-3H,(H,12,13). The second kappa shape index (κ2) is 2.81. The van der Waals surface area contributed by atoms with Crippen molar-refractivity contribution in [3.05, 3.63) is 29.0 Å². The fraction of sp³-hybridized carbons (Fsp3) is 0. The molecule has 0 aliphatic heterocycles. The Labute approximate surface area is 81.2 Å². The quantitative estimate of drug-likeness (QED) is 0.815. The third kappa shape index (κ3) is 1.19. The van der Waals surface area contributed by atoms with E-state index in [4.69, 9.17) is 5.11 Å². The molecule has 2 aromatic heterocycles. The van der Waals surface area contributed by atoms with E-state index in [1.807, 2.05) is 0 Å². The Morgan fingerprint density at radius 2 is 2.31 bits per heavy atom. The molecule has 0 aliphatic carbocycles. The number of halogens is 1. The Morgan fingerprint density at radius 1 is 1.54 bits per heavy atom. The summed E-state index contributed by atoms with van der Waals surface area (Å²) in [6, 6.07) is 0. The number of hydrogen-bond acceptors (Lipinski definition) is 3. The molecule has 0 atom stereocenters. The molecule has 13 heavy (non-hydrogen) atoms. The zero-order valence-electron chi connectivity index (χ0n) is 6.31. The van der Waals surface area contributed by atoms with Gasteiger partial charge in [-0.2, -0.15) is 0 Å². The van der Waals surface area contributed by atoms with Gasteiger partial charge in [0.2, 0.25) is 0 Å². The number of aromatic nitrogens is 3. The number of carboxylic acid groups (broad SMARTS) is 1. The van der Waals surface area contributed by atoms with Gasteiger partial charge in [0.05, 0.1) is 0 Å². The molecule has 0 fully saturated rings. The summed E-state index contributed by atoms with van der Waals surface area (Å²) >= 11 is 3.16. The highest BCUT2D eigenvalue weighted by Gasteiger charge is 2.14. The maximum absolute atomic E-state index is 10.7. The van der Waals surface area contributed by atoms with Crippen molar-refractivity contribution in [2.75, 3.05) is 0 Å². The van der Waals surface area contributed by atoms with E-state index >= 15 is 0 Å². The fourth-order valence-electron chi connectivity index (χ4n) is 1.07. The van der Waals surface area contributed by atoms with Crippen molar-refractivity contribution >= 4 is 27.4 Å². The number of carbonyl (C=O) groups is 1. The summed E-state index contributed by atoms with van der Waals surface area (Å²) in [5, 5.41) is 8.77. The van der Waals surface area contributed by atoms with E-state index in [-0.39, 0.29) is 5.69 Å². The van der Waals surface area contributed by atoms with Gasteiger partial charge < -0.3 is 9.51 Å². The van der Waals surface area contributed by atoms with E-state index in [0.717, 1.165) is 0 Å². The van der Waals surface area contributed by atoms with Crippen molar-refractivity contribution in [3.63, 3.8) is 0 Å². The summed E-state index contributed by atoms with van der Waals surface area (Å²) in [5.41, 5.74) is 0.468. The van der Waals surface area contributed by atoms with Gasteiger partial charge in [0.15, 0.2) is 5.69 Å². The highest BCUT2D eigenvalue weighted by atomic mass is 79.9. The lowest BCUT2D eigenvalue weighted by atomic mass is 10.4. The van der Waals surface area contributed by atoms with Crippen molar-refractivity contribution in [2.45, 2.75) is 0 Å². The van der Waals surface area contributed by atoms with Gasteiger partial charge in [-0.3, -0.25) is 0 Å². The monoisotopic (exact) mass is 241 g/mol. The van der Waals surface area contributed by atoms with Crippen molar-refractivity contribution in [3.8, 4) is 0 Å². The van der Waals surface area contributed by atoms with Crippen LogP contribution in [0.4, 0.5) is 0 Å². The van der Waals surface area contributed by atoms with Gasteiger partial charge in [0, 0.05) is 12.4 Å². The minimum absolute atomic E-state index is 0.0000231. The SMILES string of the molecule is O=C(O)c1ncn2ccnc(Br)c12. The number of aromatic carboxylic acids is 1. The number of carboxylic acids is 1.